The van der Waals surface area contributed by atoms with Crippen molar-refractivity contribution in [2.45, 2.75) is 64.6 Å². The lowest BCUT2D eigenvalue weighted by molar-refractivity contribution is 0.0981. The number of hydrogen-bond donors (Lipinski definition) is 1. The van der Waals surface area contributed by atoms with Crippen molar-refractivity contribution in [3.8, 4) is 0 Å². The average molecular weight is 286 g/mol. The highest BCUT2D eigenvalue weighted by molar-refractivity contribution is 6.31. The van der Waals surface area contributed by atoms with Gasteiger partial charge in [0.15, 0.2) is 0 Å². The minimum Gasteiger partial charge on any atom is -0.378 e. The summed E-state index contributed by atoms with van der Waals surface area (Å²) in [6, 6.07) is 0.0901. The molecular formula is C14H24ClN3O. The van der Waals surface area contributed by atoms with E-state index in [0.29, 0.717) is 6.10 Å². The third-order valence-electron chi connectivity index (χ3n) is 3.74. The Balaban J connectivity index is 2.02. The van der Waals surface area contributed by atoms with Gasteiger partial charge >= 0.3 is 0 Å². The van der Waals surface area contributed by atoms with Gasteiger partial charge in [0.25, 0.3) is 0 Å². The number of rotatable bonds is 6. The molecule has 2 atom stereocenters. The molecule has 5 heteroatoms. The second-order valence-electron chi connectivity index (χ2n) is 5.21. The van der Waals surface area contributed by atoms with Gasteiger partial charge in [-0.2, -0.15) is 5.10 Å². The molecule has 2 N–H and O–H groups in total. The predicted octanol–water partition coefficient (Wildman–Crippen LogP) is 2.56. The van der Waals surface area contributed by atoms with E-state index in [2.05, 4.69) is 18.9 Å². The van der Waals surface area contributed by atoms with Crippen LogP contribution in [-0.2, 0) is 24.1 Å². The third kappa shape index (κ3) is 3.50. The maximum absolute atomic E-state index is 6.40. The number of aryl methyl sites for hydroxylation is 2. The minimum absolute atomic E-state index is 0.0901. The highest BCUT2D eigenvalue weighted by Gasteiger charge is 2.22. The number of nitrogens with two attached hydrogens (primary N) is 1. The van der Waals surface area contributed by atoms with Gasteiger partial charge in [0.05, 0.1) is 22.5 Å². The lowest BCUT2D eigenvalue weighted by Gasteiger charge is -2.16. The molecule has 19 heavy (non-hydrogen) atoms. The van der Waals surface area contributed by atoms with Crippen LogP contribution in [0.4, 0.5) is 0 Å². The zero-order valence-corrected chi connectivity index (χ0v) is 12.6. The minimum atomic E-state index is 0.0901. The lowest BCUT2D eigenvalue weighted by Crippen LogP contribution is -2.29. The summed E-state index contributed by atoms with van der Waals surface area (Å²) in [7, 11) is 0. The van der Waals surface area contributed by atoms with Crippen LogP contribution >= 0.6 is 11.6 Å². The van der Waals surface area contributed by atoms with Gasteiger partial charge in [-0.25, -0.2) is 0 Å². The first-order chi connectivity index (χ1) is 9.15. The molecule has 1 aromatic heterocycles. The van der Waals surface area contributed by atoms with Gasteiger partial charge < -0.3 is 10.5 Å². The molecule has 1 saturated heterocycles. The van der Waals surface area contributed by atoms with E-state index in [-0.39, 0.29) is 6.04 Å². The SMILES string of the molecule is CCc1nn(CC)c(CC(N)CC2CCCO2)c1Cl. The number of halogens is 1. The molecular weight excluding hydrogens is 262 g/mol. The first-order valence-electron chi connectivity index (χ1n) is 7.26. The zero-order valence-electron chi connectivity index (χ0n) is 11.9. The van der Waals surface area contributed by atoms with Crippen LogP contribution in [0.15, 0.2) is 0 Å². The van der Waals surface area contributed by atoms with E-state index in [0.717, 1.165) is 61.7 Å². The molecule has 1 aliphatic heterocycles. The molecule has 1 aliphatic rings. The van der Waals surface area contributed by atoms with Crippen molar-refractivity contribution in [2.24, 2.45) is 5.73 Å². The maximum Gasteiger partial charge on any atom is 0.0850 e. The summed E-state index contributed by atoms with van der Waals surface area (Å²) in [5.41, 5.74) is 8.30. The van der Waals surface area contributed by atoms with E-state index in [1.807, 2.05) is 4.68 Å². The third-order valence-corrected chi connectivity index (χ3v) is 4.18. The molecule has 2 rings (SSSR count). The Morgan fingerprint density at radius 3 is 2.89 bits per heavy atom. The van der Waals surface area contributed by atoms with Crippen LogP contribution in [0.5, 0.6) is 0 Å². The van der Waals surface area contributed by atoms with Crippen LogP contribution in [0.2, 0.25) is 5.02 Å². The molecule has 0 aromatic carbocycles. The molecule has 0 bridgehead atoms. The van der Waals surface area contributed by atoms with E-state index >= 15 is 0 Å². The van der Waals surface area contributed by atoms with E-state index in [1.165, 1.54) is 0 Å². The first-order valence-corrected chi connectivity index (χ1v) is 7.64. The number of ether oxygens (including phenoxy) is 1. The van der Waals surface area contributed by atoms with Crippen LogP contribution in [0.1, 0.15) is 44.5 Å². The fourth-order valence-corrected chi connectivity index (χ4v) is 3.06. The topological polar surface area (TPSA) is 53.1 Å². The first kappa shape index (κ1) is 14.8. The van der Waals surface area contributed by atoms with Crippen LogP contribution in [0, 0.1) is 0 Å². The second-order valence-corrected chi connectivity index (χ2v) is 5.59. The van der Waals surface area contributed by atoms with Gasteiger partial charge in [0.2, 0.25) is 0 Å². The quantitative estimate of drug-likeness (QED) is 0.874. The summed E-state index contributed by atoms with van der Waals surface area (Å²) in [6.07, 6.45) is 5.17. The predicted molar refractivity (Wildman–Crippen MR) is 77.6 cm³/mol. The molecule has 1 aromatic rings. The molecule has 2 heterocycles. The Morgan fingerprint density at radius 2 is 2.32 bits per heavy atom. The summed E-state index contributed by atoms with van der Waals surface area (Å²) in [4.78, 5) is 0. The van der Waals surface area contributed by atoms with Crippen molar-refractivity contribution in [1.82, 2.24) is 9.78 Å². The molecule has 0 saturated carbocycles. The van der Waals surface area contributed by atoms with Crippen molar-refractivity contribution in [3.05, 3.63) is 16.4 Å². The van der Waals surface area contributed by atoms with Crippen LogP contribution < -0.4 is 5.73 Å². The van der Waals surface area contributed by atoms with Crippen molar-refractivity contribution in [3.63, 3.8) is 0 Å². The summed E-state index contributed by atoms with van der Waals surface area (Å²) in [5.74, 6) is 0. The Bertz CT molecular complexity index is 413. The lowest BCUT2D eigenvalue weighted by atomic mass is 10.0. The maximum atomic E-state index is 6.40. The van der Waals surface area contributed by atoms with E-state index < -0.39 is 0 Å². The molecule has 2 unspecified atom stereocenters. The summed E-state index contributed by atoms with van der Waals surface area (Å²) < 4.78 is 7.62. The van der Waals surface area contributed by atoms with E-state index in [1.54, 1.807) is 0 Å². The Labute approximate surface area is 120 Å². The molecule has 0 radical (unpaired) electrons. The summed E-state index contributed by atoms with van der Waals surface area (Å²) >= 11 is 6.40. The highest BCUT2D eigenvalue weighted by Crippen LogP contribution is 2.24. The van der Waals surface area contributed by atoms with Crippen molar-refractivity contribution in [1.29, 1.82) is 0 Å². The number of nitrogens with zero attached hydrogens (tertiary/aromatic N) is 2. The van der Waals surface area contributed by atoms with Gasteiger partial charge in [-0.15, -0.1) is 0 Å². The monoisotopic (exact) mass is 285 g/mol. The molecule has 0 amide bonds. The Hall–Kier alpha value is -0.580. The fourth-order valence-electron chi connectivity index (χ4n) is 2.71. The van der Waals surface area contributed by atoms with Crippen molar-refractivity contribution < 1.29 is 4.74 Å². The number of hydrogen-bond acceptors (Lipinski definition) is 3. The summed E-state index contributed by atoms with van der Waals surface area (Å²) in [5, 5.41) is 5.33. The summed E-state index contributed by atoms with van der Waals surface area (Å²) in [6.45, 7) is 5.87. The molecule has 4 nitrogen and oxygen atoms in total. The average Bonchev–Trinajstić information content (AvgIpc) is 2.99. The zero-order chi connectivity index (χ0) is 13.8. The molecule has 108 valence electrons. The Morgan fingerprint density at radius 1 is 1.53 bits per heavy atom. The number of aromatic nitrogens is 2. The van der Waals surface area contributed by atoms with Gasteiger partial charge in [-0.3, -0.25) is 4.68 Å². The molecule has 1 fully saturated rings. The van der Waals surface area contributed by atoms with Gasteiger partial charge in [0.1, 0.15) is 0 Å². The van der Waals surface area contributed by atoms with E-state index in [4.69, 9.17) is 22.1 Å². The smallest absolute Gasteiger partial charge is 0.0850 e. The Kier molecular flexibility index (Phi) is 5.25. The second kappa shape index (κ2) is 6.73. The van der Waals surface area contributed by atoms with Crippen LogP contribution in [0.25, 0.3) is 0 Å². The highest BCUT2D eigenvalue weighted by atomic mass is 35.5. The van der Waals surface area contributed by atoms with Gasteiger partial charge in [-0.05, 0) is 32.6 Å². The standard InChI is InChI=1S/C14H24ClN3O/c1-3-12-14(15)13(18(4-2)17-12)9-10(16)8-11-6-5-7-19-11/h10-11H,3-9,16H2,1-2H3. The fraction of sp³-hybridized carbons (Fsp3) is 0.786. The van der Waals surface area contributed by atoms with Crippen molar-refractivity contribution in [2.75, 3.05) is 6.61 Å². The molecule has 0 aliphatic carbocycles. The van der Waals surface area contributed by atoms with E-state index in [9.17, 15) is 0 Å². The van der Waals surface area contributed by atoms with Gasteiger partial charge in [-0.1, -0.05) is 18.5 Å². The van der Waals surface area contributed by atoms with Crippen molar-refractivity contribution >= 4 is 11.6 Å². The normalized spacial score (nSPS) is 20.9. The molecule has 0 spiro atoms. The van der Waals surface area contributed by atoms with Crippen LogP contribution in [0.3, 0.4) is 0 Å². The van der Waals surface area contributed by atoms with Crippen LogP contribution in [-0.4, -0.2) is 28.5 Å². The largest absolute Gasteiger partial charge is 0.378 e. The van der Waals surface area contributed by atoms with Gasteiger partial charge in [0, 0.05) is 25.6 Å².